The lowest BCUT2D eigenvalue weighted by Crippen LogP contribution is -2.33. The molecule has 0 aromatic heterocycles. The van der Waals surface area contributed by atoms with Crippen molar-refractivity contribution in [1.29, 1.82) is 0 Å². The van der Waals surface area contributed by atoms with Crippen molar-refractivity contribution in [3.8, 4) is 0 Å². The molecule has 2 rings (SSSR count). The Balaban J connectivity index is 2.00. The summed E-state index contributed by atoms with van der Waals surface area (Å²) in [5, 5.41) is 11.9. The molecule has 0 saturated carbocycles. The maximum absolute atomic E-state index is 12.2. The molecule has 1 aromatic rings. The molecular weight excluding hydrogens is 256 g/mol. The quantitative estimate of drug-likeness (QED) is 0.872. The first-order chi connectivity index (χ1) is 9.51. The fourth-order valence-electron chi connectivity index (χ4n) is 2.40. The van der Waals surface area contributed by atoms with Crippen LogP contribution in [0.3, 0.4) is 0 Å². The van der Waals surface area contributed by atoms with Crippen LogP contribution in [0.1, 0.15) is 25.8 Å². The Bertz CT molecular complexity index is 514. The van der Waals surface area contributed by atoms with Crippen molar-refractivity contribution in [1.82, 2.24) is 4.90 Å². The van der Waals surface area contributed by atoms with Crippen molar-refractivity contribution >= 4 is 17.5 Å². The van der Waals surface area contributed by atoms with Crippen LogP contribution in [0.5, 0.6) is 0 Å². The van der Waals surface area contributed by atoms with Crippen LogP contribution in [0.25, 0.3) is 0 Å². The summed E-state index contributed by atoms with van der Waals surface area (Å²) < 4.78 is 0. The highest BCUT2D eigenvalue weighted by molar-refractivity contribution is 5.97. The summed E-state index contributed by atoms with van der Waals surface area (Å²) in [6.07, 6.45) is 0.268. The van der Waals surface area contributed by atoms with Gasteiger partial charge in [0.25, 0.3) is 0 Å². The average molecular weight is 276 g/mol. The lowest BCUT2D eigenvalue weighted by atomic mass is 10.1. The average Bonchev–Trinajstić information content (AvgIpc) is 2.81. The van der Waals surface area contributed by atoms with E-state index in [1.807, 2.05) is 13.8 Å². The number of rotatable bonds is 4. The van der Waals surface area contributed by atoms with Crippen LogP contribution in [0.15, 0.2) is 24.3 Å². The van der Waals surface area contributed by atoms with E-state index >= 15 is 0 Å². The van der Waals surface area contributed by atoms with Crippen LogP contribution < -0.4 is 5.32 Å². The van der Waals surface area contributed by atoms with Gasteiger partial charge in [0.05, 0.1) is 12.5 Å². The van der Waals surface area contributed by atoms with E-state index in [1.54, 1.807) is 29.2 Å². The molecule has 1 saturated heterocycles. The number of carbonyl (C=O) groups excluding carboxylic acids is 2. The number of nitrogens with one attached hydrogen (secondary N) is 1. The van der Waals surface area contributed by atoms with Crippen LogP contribution in [0, 0.1) is 5.92 Å². The minimum Gasteiger partial charge on any atom is -0.392 e. The largest absolute Gasteiger partial charge is 0.392 e. The van der Waals surface area contributed by atoms with Crippen LogP contribution in [0.2, 0.25) is 0 Å². The molecule has 1 fully saturated rings. The molecule has 20 heavy (non-hydrogen) atoms. The molecule has 1 aliphatic rings. The highest BCUT2D eigenvalue weighted by Gasteiger charge is 2.35. The van der Waals surface area contributed by atoms with E-state index in [-0.39, 0.29) is 36.8 Å². The second-order valence-corrected chi connectivity index (χ2v) is 5.39. The van der Waals surface area contributed by atoms with Crippen molar-refractivity contribution in [2.45, 2.75) is 32.9 Å². The Labute approximate surface area is 118 Å². The van der Waals surface area contributed by atoms with Crippen molar-refractivity contribution in [3.63, 3.8) is 0 Å². The second kappa shape index (κ2) is 6.05. The van der Waals surface area contributed by atoms with Crippen molar-refractivity contribution in [2.24, 2.45) is 5.92 Å². The zero-order valence-electron chi connectivity index (χ0n) is 11.8. The van der Waals surface area contributed by atoms with E-state index in [0.717, 1.165) is 5.56 Å². The lowest BCUT2D eigenvalue weighted by molar-refractivity contribution is -0.129. The van der Waals surface area contributed by atoms with Gasteiger partial charge in [-0.1, -0.05) is 12.1 Å². The van der Waals surface area contributed by atoms with Gasteiger partial charge in [0.15, 0.2) is 0 Å². The number of nitrogens with zero attached hydrogens (tertiary/aromatic N) is 1. The number of aliphatic hydroxyl groups is 1. The number of benzene rings is 1. The molecule has 0 spiro atoms. The molecular formula is C15H20N2O3. The molecule has 1 unspecified atom stereocenters. The Hall–Kier alpha value is -1.88. The Morgan fingerprint density at radius 2 is 2.25 bits per heavy atom. The molecule has 5 heteroatoms. The van der Waals surface area contributed by atoms with Gasteiger partial charge < -0.3 is 15.3 Å². The predicted molar refractivity (Wildman–Crippen MR) is 76.0 cm³/mol. The molecule has 0 bridgehead atoms. The molecule has 1 aliphatic heterocycles. The van der Waals surface area contributed by atoms with Gasteiger partial charge in [-0.15, -0.1) is 0 Å². The van der Waals surface area contributed by atoms with E-state index in [2.05, 4.69) is 5.32 Å². The lowest BCUT2D eigenvalue weighted by Gasteiger charge is -2.20. The van der Waals surface area contributed by atoms with Gasteiger partial charge >= 0.3 is 0 Å². The topological polar surface area (TPSA) is 69.6 Å². The number of carbonyl (C=O) groups is 2. The molecule has 2 amide bonds. The molecule has 1 heterocycles. The van der Waals surface area contributed by atoms with E-state index in [1.165, 1.54) is 0 Å². The van der Waals surface area contributed by atoms with Crippen LogP contribution in [-0.2, 0) is 16.2 Å². The summed E-state index contributed by atoms with van der Waals surface area (Å²) in [6, 6.07) is 7.19. The third kappa shape index (κ3) is 3.17. The Morgan fingerprint density at radius 3 is 2.85 bits per heavy atom. The molecule has 1 aromatic carbocycles. The molecule has 1 atom stereocenters. The first-order valence-corrected chi connectivity index (χ1v) is 6.81. The maximum Gasteiger partial charge on any atom is 0.229 e. The summed E-state index contributed by atoms with van der Waals surface area (Å²) in [7, 11) is 0. The summed E-state index contributed by atoms with van der Waals surface area (Å²) >= 11 is 0. The number of hydrogen-bond acceptors (Lipinski definition) is 3. The number of aliphatic hydroxyl groups excluding tert-OH is 1. The van der Waals surface area contributed by atoms with E-state index in [0.29, 0.717) is 12.2 Å². The minimum absolute atomic E-state index is 0.0317. The molecule has 5 nitrogen and oxygen atoms in total. The summed E-state index contributed by atoms with van der Waals surface area (Å²) in [6.45, 7) is 4.31. The zero-order chi connectivity index (χ0) is 14.7. The summed E-state index contributed by atoms with van der Waals surface area (Å²) in [4.78, 5) is 25.7. The highest BCUT2D eigenvalue weighted by Crippen LogP contribution is 2.22. The minimum atomic E-state index is -0.303. The Morgan fingerprint density at radius 1 is 1.50 bits per heavy atom. The van der Waals surface area contributed by atoms with Crippen molar-refractivity contribution in [2.75, 3.05) is 11.9 Å². The summed E-state index contributed by atoms with van der Waals surface area (Å²) in [5.74, 6) is -0.413. The van der Waals surface area contributed by atoms with Crippen LogP contribution >= 0.6 is 0 Å². The number of anilines is 1. The standard InChI is InChI=1S/C15H20N2O3/c1-10(2)17-8-12(7-14(17)19)15(20)16-13-5-3-4-11(6-13)9-18/h3-6,10,12,18H,7-9H2,1-2H3,(H,16,20). The highest BCUT2D eigenvalue weighted by atomic mass is 16.3. The van der Waals surface area contributed by atoms with Crippen molar-refractivity contribution < 1.29 is 14.7 Å². The fourth-order valence-corrected chi connectivity index (χ4v) is 2.40. The van der Waals surface area contributed by atoms with Gasteiger partial charge in [0.1, 0.15) is 0 Å². The third-order valence-corrected chi connectivity index (χ3v) is 3.53. The fraction of sp³-hybridized carbons (Fsp3) is 0.467. The Kier molecular flexibility index (Phi) is 4.39. The van der Waals surface area contributed by atoms with Gasteiger partial charge in [-0.2, -0.15) is 0 Å². The first-order valence-electron chi connectivity index (χ1n) is 6.81. The SMILES string of the molecule is CC(C)N1CC(C(=O)Nc2cccc(CO)c2)CC1=O. The first kappa shape index (κ1) is 14.5. The number of hydrogen-bond donors (Lipinski definition) is 2. The molecule has 0 radical (unpaired) electrons. The maximum atomic E-state index is 12.2. The van der Waals surface area contributed by atoms with Crippen molar-refractivity contribution in [3.05, 3.63) is 29.8 Å². The predicted octanol–water partition coefficient (Wildman–Crippen LogP) is 1.37. The van der Waals surface area contributed by atoms with E-state index in [4.69, 9.17) is 5.11 Å². The monoisotopic (exact) mass is 276 g/mol. The third-order valence-electron chi connectivity index (χ3n) is 3.53. The molecule has 108 valence electrons. The smallest absolute Gasteiger partial charge is 0.229 e. The van der Waals surface area contributed by atoms with Gasteiger partial charge in [-0.05, 0) is 31.5 Å². The van der Waals surface area contributed by atoms with E-state index in [9.17, 15) is 9.59 Å². The van der Waals surface area contributed by atoms with Gasteiger partial charge in [0, 0.05) is 24.7 Å². The summed E-state index contributed by atoms with van der Waals surface area (Å²) in [5.41, 5.74) is 1.39. The van der Waals surface area contributed by atoms with E-state index < -0.39 is 0 Å². The zero-order valence-corrected chi connectivity index (χ0v) is 11.8. The molecule has 0 aliphatic carbocycles. The van der Waals surface area contributed by atoms with Gasteiger partial charge in [-0.25, -0.2) is 0 Å². The molecule has 2 N–H and O–H groups in total. The van der Waals surface area contributed by atoms with Gasteiger partial charge in [0.2, 0.25) is 11.8 Å². The normalized spacial score (nSPS) is 18.7. The second-order valence-electron chi connectivity index (χ2n) is 5.39. The van der Waals surface area contributed by atoms with Crippen LogP contribution in [-0.4, -0.2) is 34.4 Å². The number of likely N-dealkylation sites (tertiary alicyclic amines) is 1. The number of amides is 2. The van der Waals surface area contributed by atoms with Crippen LogP contribution in [0.4, 0.5) is 5.69 Å². The van der Waals surface area contributed by atoms with Gasteiger partial charge in [-0.3, -0.25) is 9.59 Å².